The van der Waals surface area contributed by atoms with Crippen LogP contribution < -0.4 is 24.8 Å². The molecule has 0 N–H and O–H groups in total. The Kier molecular flexibility index (Phi) is 14.1. The fraction of sp³-hybridized carbons (Fsp3) is 0.636. The van der Waals surface area contributed by atoms with E-state index >= 15 is 0 Å². The first-order valence-corrected chi connectivity index (χ1v) is 20.1. The Morgan fingerprint density at radius 3 is 2.25 bits per heavy atom. The van der Waals surface area contributed by atoms with E-state index < -0.39 is 38.7 Å². The zero-order valence-electron chi connectivity index (χ0n) is 18.3. The van der Waals surface area contributed by atoms with Gasteiger partial charge in [-0.25, -0.2) is 0 Å². The Morgan fingerprint density at radius 2 is 1.68 bits per heavy atom. The average Bonchev–Trinajstić information content (AvgIpc) is 3.21. The average molecular weight is 555 g/mol. The molecule has 2 aliphatic rings. The molecule has 0 heterocycles. The number of hydrogen-bond acceptors (Lipinski definition) is 0. The minimum Gasteiger partial charge on any atom is -1.00 e. The SMILES string of the molecule is CCCCCCCC([Si](C)(C)Cl)[Si](C)(C)C1=[C]([Zr+2][C]2=CC=CC2)CC=C1.[Cl-].[Cl-]. The molecular weight excluding hydrogens is 518 g/mol. The Morgan fingerprint density at radius 1 is 1.00 bits per heavy atom. The first kappa shape index (κ1) is 29.1. The quantitative estimate of drug-likeness (QED) is 0.208. The van der Waals surface area contributed by atoms with Crippen LogP contribution in [0.4, 0.5) is 0 Å². The predicted molar refractivity (Wildman–Crippen MR) is 121 cm³/mol. The van der Waals surface area contributed by atoms with Crippen molar-refractivity contribution in [1.29, 1.82) is 0 Å². The smallest absolute Gasteiger partial charge is 1.00 e. The van der Waals surface area contributed by atoms with Crippen molar-refractivity contribution in [3.8, 4) is 0 Å². The van der Waals surface area contributed by atoms with E-state index in [0.717, 1.165) is 5.16 Å². The summed E-state index contributed by atoms with van der Waals surface area (Å²) in [6.07, 6.45) is 22.7. The summed E-state index contributed by atoms with van der Waals surface area (Å²) >= 11 is 6.57. The van der Waals surface area contributed by atoms with Crippen LogP contribution >= 0.6 is 11.1 Å². The van der Waals surface area contributed by atoms with Gasteiger partial charge in [0, 0.05) is 0 Å². The van der Waals surface area contributed by atoms with Gasteiger partial charge in [-0.2, -0.15) is 0 Å². The van der Waals surface area contributed by atoms with E-state index in [-0.39, 0.29) is 24.8 Å². The molecule has 1 atom stereocenters. The van der Waals surface area contributed by atoms with Crippen LogP contribution in [0, 0.1) is 0 Å². The van der Waals surface area contributed by atoms with Gasteiger partial charge in [-0.05, 0) is 0 Å². The maximum Gasteiger partial charge on any atom is -1.00 e. The fourth-order valence-corrected chi connectivity index (χ4v) is 24.2. The Labute approximate surface area is 204 Å². The first-order valence-electron chi connectivity index (χ1n) is 10.5. The molecule has 28 heavy (non-hydrogen) atoms. The van der Waals surface area contributed by atoms with Gasteiger partial charge < -0.3 is 24.8 Å². The largest absolute Gasteiger partial charge is 1.00 e. The van der Waals surface area contributed by atoms with Crippen molar-refractivity contribution in [2.75, 3.05) is 0 Å². The standard InChI is InChI=1S/C17H32ClSi2.C5H5.2ClH.Zr/c1-6-7-8-9-10-15-17(20(4,5)18)19(2,3)16-13-11-12-14-16;1-2-4-5-3-1;;;/h11,13,17H,6-10,12,15H2,1-5H3;1-3H,4H2;2*1H;/q;;;;+2/p-2. The molecule has 158 valence electrons. The zero-order valence-corrected chi connectivity index (χ0v) is 25.0. The molecule has 0 aromatic heterocycles. The molecule has 6 heteroatoms. The van der Waals surface area contributed by atoms with Crippen LogP contribution in [0.3, 0.4) is 0 Å². The van der Waals surface area contributed by atoms with E-state index in [2.05, 4.69) is 63.5 Å². The Bertz CT molecular complexity index is 601. The third kappa shape index (κ3) is 8.35. The summed E-state index contributed by atoms with van der Waals surface area (Å²) in [4.78, 5) is 0. The summed E-state index contributed by atoms with van der Waals surface area (Å²) in [6, 6.07) is 0. The molecule has 0 amide bonds. The van der Waals surface area contributed by atoms with E-state index in [4.69, 9.17) is 11.1 Å². The normalized spacial score (nSPS) is 17.1. The molecule has 0 saturated heterocycles. The van der Waals surface area contributed by atoms with Gasteiger partial charge >= 0.3 is 182 Å². The summed E-state index contributed by atoms with van der Waals surface area (Å²) in [5.41, 5.74) is 0. The molecule has 0 aromatic carbocycles. The van der Waals surface area contributed by atoms with Crippen molar-refractivity contribution in [2.45, 2.75) is 89.6 Å². The second kappa shape index (κ2) is 13.5. The zero-order chi connectivity index (χ0) is 19.2. The summed E-state index contributed by atoms with van der Waals surface area (Å²) in [7, 11) is -3.20. The van der Waals surface area contributed by atoms with Crippen molar-refractivity contribution in [2.24, 2.45) is 0 Å². The fourth-order valence-electron chi connectivity index (χ4n) is 4.66. The number of unbranched alkanes of at least 4 members (excludes halogenated alkanes) is 4. The van der Waals surface area contributed by atoms with Crippen molar-refractivity contribution >= 4 is 26.5 Å². The van der Waals surface area contributed by atoms with Crippen LogP contribution in [0.2, 0.25) is 31.4 Å². The first-order chi connectivity index (χ1) is 12.3. The summed E-state index contributed by atoms with van der Waals surface area (Å²) in [5, 5.41) is 2.60. The third-order valence-corrected chi connectivity index (χ3v) is 21.7. The molecule has 0 fully saturated rings. The number of rotatable bonds is 11. The van der Waals surface area contributed by atoms with Crippen LogP contribution in [0.5, 0.6) is 0 Å². The van der Waals surface area contributed by atoms with Gasteiger partial charge in [-0.3, -0.25) is 0 Å². The van der Waals surface area contributed by atoms with E-state index in [0.29, 0.717) is 0 Å². The van der Waals surface area contributed by atoms with Crippen LogP contribution in [-0.2, 0) is 23.2 Å². The molecule has 0 nitrogen and oxygen atoms in total. The van der Waals surface area contributed by atoms with Gasteiger partial charge in [-0.1, -0.05) is 0 Å². The van der Waals surface area contributed by atoms with E-state index in [9.17, 15) is 0 Å². The minimum absolute atomic E-state index is 0. The van der Waals surface area contributed by atoms with Gasteiger partial charge in [0.25, 0.3) is 0 Å². The number of halogens is 3. The maximum absolute atomic E-state index is 7.14. The van der Waals surface area contributed by atoms with E-state index in [1.54, 1.807) is 8.48 Å². The topological polar surface area (TPSA) is 0 Å². The van der Waals surface area contributed by atoms with E-state index in [1.165, 1.54) is 51.4 Å². The van der Waals surface area contributed by atoms with Crippen LogP contribution in [-0.4, -0.2) is 15.5 Å². The Hall–Kier alpha value is 1.15. The van der Waals surface area contributed by atoms with Gasteiger partial charge in [-0.15, -0.1) is 0 Å². The van der Waals surface area contributed by atoms with Crippen molar-refractivity contribution in [3.05, 3.63) is 42.1 Å². The third-order valence-electron chi connectivity index (χ3n) is 6.00. The van der Waals surface area contributed by atoms with Gasteiger partial charge in [0.1, 0.15) is 0 Å². The molecule has 0 aromatic rings. The monoisotopic (exact) mass is 552 g/mol. The molecule has 0 bridgehead atoms. The molecule has 0 aliphatic heterocycles. The molecule has 2 aliphatic carbocycles. The molecule has 2 rings (SSSR count). The summed E-state index contributed by atoms with van der Waals surface area (Å²) < 4.78 is 3.62. The second-order valence-electron chi connectivity index (χ2n) is 8.99. The van der Waals surface area contributed by atoms with Crippen molar-refractivity contribution in [1.82, 2.24) is 0 Å². The molecule has 0 spiro atoms. The number of allylic oxidation sites excluding steroid dienone is 8. The van der Waals surface area contributed by atoms with Crippen LogP contribution in [0.1, 0.15) is 58.3 Å². The molecular formula is C22H37Cl3Si2Zr. The Balaban J connectivity index is 0.00000364. The molecule has 0 saturated carbocycles. The van der Waals surface area contributed by atoms with Crippen LogP contribution in [0.15, 0.2) is 42.1 Å². The molecule has 0 radical (unpaired) electrons. The summed E-state index contributed by atoms with van der Waals surface area (Å²) in [6.45, 7) is 12.4. The van der Waals surface area contributed by atoms with Crippen molar-refractivity contribution in [3.63, 3.8) is 0 Å². The van der Waals surface area contributed by atoms with E-state index in [1.807, 2.05) is 3.28 Å². The summed E-state index contributed by atoms with van der Waals surface area (Å²) in [5.74, 6) is 0. The predicted octanol–water partition coefficient (Wildman–Crippen LogP) is 2.10. The maximum atomic E-state index is 7.14. The van der Waals surface area contributed by atoms with Gasteiger partial charge in [0.2, 0.25) is 0 Å². The minimum atomic E-state index is -1.67. The number of hydrogen-bond donors (Lipinski definition) is 0. The molecule has 1 unspecified atom stereocenters. The second-order valence-corrected chi connectivity index (χ2v) is 24.7. The van der Waals surface area contributed by atoms with Gasteiger partial charge in [0.05, 0.1) is 0 Å². The van der Waals surface area contributed by atoms with Crippen molar-refractivity contribution < 1.29 is 48.0 Å². The van der Waals surface area contributed by atoms with Crippen LogP contribution in [0.25, 0.3) is 0 Å². The van der Waals surface area contributed by atoms with Gasteiger partial charge in [0.15, 0.2) is 0 Å².